The summed E-state index contributed by atoms with van der Waals surface area (Å²) in [5.41, 5.74) is 0.817. The first-order valence-electron chi connectivity index (χ1n) is 8.39. The van der Waals surface area contributed by atoms with Crippen molar-refractivity contribution < 1.29 is 8.42 Å². The smallest absolute Gasteiger partial charge is 0.244 e. The molecule has 4 nitrogen and oxygen atoms in total. The number of benzene rings is 1. The molecule has 1 aromatic heterocycles. The average molecular weight is 431 g/mol. The van der Waals surface area contributed by atoms with E-state index in [2.05, 4.69) is 11.9 Å². The lowest BCUT2D eigenvalue weighted by molar-refractivity contribution is 0.288. The number of nitrogens with zero attached hydrogens (tertiary/aromatic N) is 2. The van der Waals surface area contributed by atoms with Crippen LogP contribution in [0.15, 0.2) is 46.5 Å². The van der Waals surface area contributed by atoms with E-state index in [9.17, 15) is 8.42 Å². The topological polar surface area (TPSA) is 50.3 Å². The molecule has 1 aliphatic heterocycles. The van der Waals surface area contributed by atoms with Gasteiger partial charge >= 0.3 is 0 Å². The van der Waals surface area contributed by atoms with Gasteiger partial charge in [-0.3, -0.25) is 4.98 Å². The quantitative estimate of drug-likeness (QED) is 0.618. The van der Waals surface area contributed by atoms with Crippen molar-refractivity contribution in [1.29, 1.82) is 0 Å². The first kappa shape index (κ1) is 20.0. The highest BCUT2D eigenvalue weighted by molar-refractivity contribution is 7.98. The largest absolute Gasteiger partial charge is 0.263 e. The van der Waals surface area contributed by atoms with E-state index in [1.165, 1.54) is 18.0 Å². The van der Waals surface area contributed by atoms with Crippen LogP contribution in [0.1, 0.15) is 25.3 Å². The zero-order chi connectivity index (χ0) is 18.7. The fraction of sp³-hybridized carbons (Fsp3) is 0.389. The summed E-state index contributed by atoms with van der Waals surface area (Å²) in [6, 6.07) is 7.06. The van der Waals surface area contributed by atoms with Gasteiger partial charge in [-0.05, 0) is 42.5 Å². The van der Waals surface area contributed by atoms with E-state index in [1.807, 2.05) is 0 Å². The molecule has 26 heavy (non-hydrogen) atoms. The van der Waals surface area contributed by atoms with Crippen LogP contribution in [0.25, 0.3) is 0 Å². The zero-order valence-electron chi connectivity index (χ0n) is 14.4. The first-order chi connectivity index (χ1) is 12.4. The molecule has 0 aliphatic carbocycles. The summed E-state index contributed by atoms with van der Waals surface area (Å²) < 4.78 is 27.3. The highest BCUT2D eigenvalue weighted by Crippen LogP contribution is 2.36. The molecular formula is C18H20Cl2N2O2S2. The number of hydrogen-bond acceptors (Lipinski definition) is 4. The predicted octanol–water partition coefficient (Wildman–Crippen LogP) is 5.10. The summed E-state index contributed by atoms with van der Waals surface area (Å²) in [4.78, 5) is 5.16. The maximum absolute atomic E-state index is 12.9. The third kappa shape index (κ3) is 4.54. The Morgan fingerprint density at radius 3 is 2.50 bits per heavy atom. The molecule has 0 radical (unpaired) electrons. The third-order valence-electron chi connectivity index (χ3n) is 4.45. The van der Waals surface area contributed by atoms with Crippen LogP contribution in [0, 0.1) is 5.92 Å². The SMILES string of the molecule is CC1CCN(S(=O)(=O)c2cncc(CSc3c(Cl)cccc3Cl)c2)CC1. The van der Waals surface area contributed by atoms with Gasteiger partial charge in [-0.2, -0.15) is 4.31 Å². The van der Waals surface area contributed by atoms with Crippen molar-refractivity contribution in [3.05, 3.63) is 52.3 Å². The molecule has 0 spiro atoms. The van der Waals surface area contributed by atoms with E-state index in [-0.39, 0.29) is 4.90 Å². The average Bonchev–Trinajstić information content (AvgIpc) is 2.62. The maximum Gasteiger partial charge on any atom is 0.244 e. The molecule has 140 valence electrons. The number of rotatable bonds is 5. The van der Waals surface area contributed by atoms with Gasteiger partial charge < -0.3 is 0 Å². The van der Waals surface area contributed by atoms with E-state index in [4.69, 9.17) is 23.2 Å². The van der Waals surface area contributed by atoms with Crippen LogP contribution >= 0.6 is 35.0 Å². The van der Waals surface area contributed by atoms with Crippen molar-refractivity contribution >= 4 is 45.0 Å². The molecule has 1 aromatic carbocycles. The second-order valence-corrected chi connectivity index (χ2v) is 10.2. The number of thioether (sulfide) groups is 1. The molecule has 3 rings (SSSR count). The van der Waals surface area contributed by atoms with Crippen molar-refractivity contribution in [2.45, 2.75) is 35.3 Å². The monoisotopic (exact) mass is 430 g/mol. The number of sulfonamides is 1. The van der Waals surface area contributed by atoms with Gasteiger partial charge in [-0.1, -0.05) is 36.2 Å². The number of pyridine rings is 1. The van der Waals surface area contributed by atoms with Crippen molar-refractivity contribution in [2.24, 2.45) is 5.92 Å². The molecule has 0 unspecified atom stereocenters. The highest BCUT2D eigenvalue weighted by Gasteiger charge is 2.28. The summed E-state index contributed by atoms with van der Waals surface area (Å²) in [6.07, 6.45) is 4.89. The van der Waals surface area contributed by atoms with Crippen LogP contribution in [0.2, 0.25) is 10.0 Å². The Kier molecular flexibility index (Phi) is 6.51. The van der Waals surface area contributed by atoms with E-state index < -0.39 is 10.0 Å². The summed E-state index contributed by atoms with van der Waals surface area (Å²) >= 11 is 13.8. The summed E-state index contributed by atoms with van der Waals surface area (Å²) in [5.74, 6) is 1.11. The van der Waals surface area contributed by atoms with Crippen LogP contribution < -0.4 is 0 Å². The Bertz CT molecular complexity index is 862. The van der Waals surface area contributed by atoms with Gasteiger partial charge in [0.15, 0.2) is 0 Å². The number of halogens is 2. The molecular weight excluding hydrogens is 411 g/mol. The van der Waals surface area contributed by atoms with Crippen molar-refractivity contribution in [3.63, 3.8) is 0 Å². The van der Waals surface area contributed by atoms with Gasteiger partial charge in [0.25, 0.3) is 0 Å². The van der Waals surface area contributed by atoms with Gasteiger partial charge in [0.05, 0.1) is 10.0 Å². The molecule has 0 atom stereocenters. The molecule has 0 bridgehead atoms. The lowest BCUT2D eigenvalue weighted by atomic mass is 10.0. The van der Waals surface area contributed by atoms with Gasteiger partial charge in [0, 0.05) is 36.1 Å². The van der Waals surface area contributed by atoms with E-state index in [0.717, 1.165) is 23.3 Å². The molecule has 1 aliphatic rings. The van der Waals surface area contributed by atoms with Gasteiger partial charge in [-0.15, -0.1) is 11.8 Å². The molecule has 0 amide bonds. The Morgan fingerprint density at radius 1 is 1.19 bits per heavy atom. The molecule has 0 saturated carbocycles. The highest BCUT2D eigenvalue weighted by atomic mass is 35.5. The van der Waals surface area contributed by atoms with E-state index >= 15 is 0 Å². The predicted molar refractivity (Wildman–Crippen MR) is 107 cm³/mol. The normalized spacial score (nSPS) is 16.7. The fourth-order valence-electron chi connectivity index (χ4n) is 2.83. The molecule has 2 heterocycles. The Morgan fingerprint density at radius 2 is 1.85 bits per heavy atom. The Labute approximate surface area is 169 Å². The van der Waals surface area contributed by atoms with Crippen LogP contribution in [-0.4, -0.2) is 30.8 Å². The molecule has 8 heteroatoms. The lowest BCUT2D eigenvalue weighted by Crippen LogP contribution is -2.37. The number of piperidine rings is 1. The first-order valence-corrected chi connectivity index (χ1v) is 11.6. The fourth-order valence-corrected chi connectivity index (χ4v) is 5.92. The standard InChI is InChI=1S/C18H20Cl2N2O2S2/c1-13-5-7-22(8-6-13)26(23,24)15-9-14(10-21-11-15)12-25-18-16(19)3-2-4-17(18)20/h2-4,9-11,13H,5-8,12H2,1H3. The lowest BCUT2D eigenvalue weighted by Gasteiger charge is -2.29. The maximum atomic E-state index is 12.9. The minimum Gasteiger partial charge on any atom is -0.263 e. The Hall–Kier alpha value is -0.790. The second kappa shape index (κ2) is 8.48. The zero-order valence-corrected chi connectivity index (χ0v) is 17.5. The number of hydrogen-bond donors (Lipinski definition) is 0. The van der Waals surface area contributed by atoms with Crippen LogP contribution in [-0.2, 0) is 15.8 Å². The van der Waals surface area contributed by atoms with Gasteiger partial charge in [-0.25, -0.2) is 8.42 Å². The third-order valence-corrected chi connectivity index (χ3v) is 8.38. The van der Waals surface area contributed by atoms with Crippen molar-refractivity contribution in [3.8, 4) is 0 Å². The molecule has 2 aromatic rings. The molecule has 1 fully saturated rings. The molecule has 1 saturated heterocycles. The summed E-state index contributed by atoms with van der Waals surface area (Å²) in [5, 5.41) is 1.17. The number of aromatic nitrogens is 1. The van der Waals surface area contributed by atoms with Crippen LogP contribution in [0.4, 0.5) is 0 Å². The van der Waals surface area contributed by atoms with Crippen molar-refractivity contribution in [2.75, 3.05) is 13.1 Å². The van der Waals surface area contributed by atoms with Crippen LogP contribution in [0.3, 0.4) is 0 Å². The second-order valence-electron chi connectivity index (χ2n) is 6.45. The summed E-state index contributed by atoms with van der Waals surface area (Å²) in [7, 11) is -3.50. The summed E-state index contributed by atoms with van der Waals surface area (Å²) in [6.45, 7) is 3.29. The van der Waals surface area contributed by atoms with Crippen molar-refractivity contribution in [1.82, 2.24) is 9.29 Å². The van der Waals surface area contributed by atoms with Crippen LogP contribution in [0.5, 0.6) is 0 Å². The van der Waals surface area contributed by atoms with E-state index in [1.54, 1.807) is 34.8 Å². The molecule has 0 N–H and O–H groups in total. The Balaban J connectivity index is 1.76. The van der Waals surface area contributed by atoms with Gasteiger partial charge in [0.1, 0.15) is 4.90 Å². The minimum absolute atomic E-state index is 0.246. The van der Waals surface area contributed by atoms with E-state index in [0.29, 0.717) is 34.8 Å². The van der Waals surface area contributed by atoms with Gasteiger partial charge in [0.2, 0.25) is 10.0 Å². The minimum atomic E-state index is -3.50.